The largest absolute Gasteiger partial charge is 0.477 e. The SMILES string of the molecule is O=c1nc(OCCc2cccc(F)c2)cc2n1C[C@@H]1CCCN21. The van der Waals surface area contributed by atoms with Gasteiger partial charge in [0.1, 0.15) is 11.6 Å². The normalized spacial score (nSPS) is 18.8. The third-order valence-corrected chi connectivity index (χ3v) is 4.56. The Morgan fingerprint density at radius 3 is 3.13 bits per heavy atom. The number of anilines is 1. The van der Waals surface area contributed by atoms with E-state index in [1.165, 1.54) is 12.1 Å². The van der Waals surface area contributed by atoms with E-state index in [4.69, 9.17) is 4.74 Å². The second kappa shape index (κ2) is 5.68. The lowest BCUT2D eigenvalue weighted by Gasteiger charge is -2.17. The van der Waals surface area contributed by atoms with Gasteiger partial charge < -0.3 is 9.64 Å². The van der Waals surface area contributed by atoms with E-state index in [-0.39, 0.29) is 11.5 Å². The standard InChI is InChI=1S/C17H18FN3O2/c18-13-4-1-3-12(9-13)6-8-23-15-10-16-20-7-2-5-14(20)11-21(16)17(22)19-15/h1,3-4,9-10,14H,2,5-8,11H2/t14-/m0/s1. The first-order chi connectivity index (χ1) is 11.2. The maximum Gasteiger partial charge on any atom is 0.352 e. The molecule has 1 atom stereocenters. The van der Waals surface area contributed by atoms with Gasteiger partial charge in [0.15, 0.2) is 0 Å². The molecule has 0 N–H and O–H groups in total. The van der Waals surface area contributed by atoms with Gasteiger partial charge in [-0.05, 0) is 30.5 Å². The van der Waals surface area contributed by atoms with Crippen LogP contribution in [0.5, 0.6) is 5.88 Å². The maximum atomic E-state index is 13.1. The fourth-order valence-electron chi connectivity index (χ4n) is 3.46. The molecule has 1 aromatic carbocycles. The smallest absolute Gasteiger partial charge is 0.352 e. The summed E-state index contributed by atoms with van der Waals surface area (Å²) < 4.78 is 20.5. The lowest BCUT2D eigenvalue weighted by molar-refractivity contribution is 0.307. The highest BCUT2D eigenvalue weighted by Gasteiger charge is 2.34. The Bertz CT molecular complexity index is 790. The minimum Gasteiger partial charge on any atom is -0.477 e. The number of fused-ring (bicyclic) bond motifs is 3. The second-order valence-corrected chi connectivity index (χ2v) is 6.06. The minimum atomic E-state index is -0.253. The summed E-state index contributed by atoms with van der Waals surface area (Å²) in [4.78, 5) is 18.4. The van der Waals surface area contributed by atoms with E-state index in [0.717, 1.165) is 37.3 Å². The highest BCUT2D eigenvalue weighted by molar-refractivity contribution is 5.48. The molecule has 2 aliphatic heterocycles. The molecule has 120 valence electrons. The minimum absolute atomic E-state index is 0.252. The van der Waals surface area contributed by atoms with Crippen molar-refractivity contribution >= 4 is 5.82 Å². The second-order valence-electron chi connectivity index (χ2n) is 6.06. The van der Waals surface area contributed by atoms with Crippen LogP contribution >= 0.6 is 0 Å². The Kier molecular flexibility index (Phi) is 3.52. The zero-order valence-electron chi connectivity index (χ0n) is 12.7. The first kappa shape index (κ1) is 14.2. The van der Waals surface area contributed by atoms with Crippen molar-refractivity contribution in [2.24, 2.45) is 0 Å². The molecular formula is C17H18FN3O2. The summed E-state index contributed by atoms with van der Waals surface area (Å²) in [6.07, 6.45) is 2.86. The monoisotopic (exact) mass is 315 g/mol. The first-order valence-corrected chi connectivity index (χ1v) is 7.96. The molecule has 0 spiro atoms. The third-order valence-electron chi connectivity index (χ3n) is 4.56. The van der Waals surface area contributed by atoms with Gasteiger partial charge in [-0.15, -0.1) is 0 Å². The van der Waals surface area contributed by atoms with Gasteiger partial charge in [0, 0.05) is 31.6 Å². The number of nitrogens with zero attached hydrogens (tertiary/aromatic N) is 3. The molecule has 0 bridgehead atoms. The Labute approximate surface area is 133 Å². The van der Waals surface area contributed by atoms with Crippen molar-refractivity contribution in [2.45, 2.75) is 31.8 Å². The van der Waals surface area contributed by atoms with E-state index < -0.39 is 0 Å². The fourth-order valence-corrected chi connectivity index (χ4v) is 3.46. The number of aromatic nitrogens is 2. The van der Waals surface area contributed by atoms with Gasteiger partial charge in [0.2, 0.25) is 5.88 Å². The quantitative estimate of drug-likeness (QED) is 0.866. The Morgan fingerprint density at radius 2 is 2.26 bits per heavy atom. The molecule has 2 aromatic rings. The maximum absolute atomic E-state index is 13.1. The van der Waals surface area contributed by atoms with Crippen LogP contribution in [0, 0.1) is 5.82 Å². The fraction of sp³-hybridized carbons (Fsp3) is 0.412. The van der Waals surface area contributed by atoms with Crippen molar-refractivity contribution in [2.75, 3.05) is 18.1 Å². The number of ether oxygens (including phenoxy) is 1. The van der Waals surface area contributed by atoms with Crippen molar-refractivity contribution in [3.8, 4) is 5.88 Å². The lowest BCUT2D eigenvalue weighted by Crippen LogP contribution is -2.24. The van der Waals surface area contributed by atoms with Gasteiger partial charge in [-0.3, -0.25) is 4.57 Å². The summed E-state index contributed by atoms with van der Waals surface area (Å²) in [6, 6.07) is 8.71. The summed E-state index contributed by atoms with van der Waals surface area (Å²) >= 11 is 0. The molecule has 1 aromatic heterocycles. The molecule has 2 aliphatic rings. The van der Waals surface area contributed by atoms with E-state index in [2.05, 4.69) is 9.88 Å². The zero-order valence-corrected chi connectivity index (χ0v) is 12.7. The van der Waals surface area contributed by atoms with Crippen LogP contribution in [-0.4, -0.2) is 28.7 Å². The lowest BCUT2D eigenvalue weighted by atomic mass is 10.2. The summed E-state index contributed by atoms with van der Waals surface area (Å²) in [5, 5.41) is 0. The molecule has 0 saturated carbocycles. The van der Waals surface area contributed by atoms with Gasteiger partial charge in [0.05, 0.1) is 6.61 Å². The van der Waals surface area contributed by atoms with Crippen LogP contribution in [0.15, 0.2) is 35.1 Å². The molecule has 5 nitrogen and oxygen atoms in total. The molecule has 0 amide bonds. The van der Waals surface area contributed by atoms with Crippen LogP contribution in [0.25, 0.3) is 0 Å². The third kappa shape index (κ3) is 2.69. The molecule has 23 heavy (non-hydrogen) atoms. The van der Waals surface area contributed by atoms with Crippen LogP contribution in [0.4, 0.5) is 10.2 Å². The van der Waals surface area contributed by atoms with Gasteiger partial charge in [-0.25, -0.2) is 9.18 Å². The van der Waals surface area contributed by atoms with Crippen molar-refractivity contribution in [1.29, 1.82) is 0 Å². The van der Waals surface area contributed by atoms with Gasteiger partial charge in [0.25, 0.3) is 0 Å². The molecule has 3 heterocycles. The number of rotatable bonds is 4. The van der Waals surface area contributed by atoms with E-state index in [1.54, 1.807) is 10.6 Å². The summed E-state index contributed by atoms with van der Waals surface area (Å²) in [5.41, 5.74) is 0.611. The number of hydrogen-bond donors (Lipinski definition) is 0. The highest BCUT2D eigenvalue weighted by Crippen LogP contribution is 2.32. The predicted octanol–water partition coefficient (Wildman–Crippen LogP) is 1.99. The average molecular weight is 315 g/mol. The molecule has 0 radical (unpaired) electrons. The number of hydrogen-bond acceptors (Lipinski definition) is 4. The molecule has 4 rings (SSSR count). The average Bonchev–Trinajstić information content (AvgIpc) is 3.09. The van der Waals surface area contributed by atoms with E-state index in [1.807, 2.05) is 12.1 Å². The Morgan fingerprint density at radius 1 is 1.35 bits per heavy atom. The highest BCUT2D eigenvalue weighted by atomic mass is 19.1. The van der Waals surface area contributed by atoms with E-state index in [9.17, 15) is 9.18 Å². The van der Waals surface area contributed by atoms with E-state index >= 15 is 0 Å². The Balaban J connectivity index is 1.47. The van der Waals surface area contributed by atoms with Gasteiger partial charge in [-0.2, -0.15) is 4.98 Å². The summed E-state index contributed by atoms with van der Waals surface area (Å²) in [5.74, 6) is 1.01. The van der Waals surface area contributed by atoms with Crippen LogP contribution < -0.4 is 15.3 Å². The van der Waals surface area contributed by atoms with Crippen molar-refractivity contribution in [3.63, 3.8) is 0 Å². The molecule has 0 aliphatic carbocycles. The van der Waals surface area contributed by atoms with Crippen LogP contribution in [0.3, 0.4) is 0 Å². The van der Waals surface area contributed by atoms with Crippen molar-refractivity contribution < 1.29 is 9.13 Å². The van der Waals surface area contributed by atoms with Gasteiger partial charge in [-0.1, -0.05) is 12.1 Å². The zero-order chi connectivity index (χ0) is 15.8. The first-order valence-electron chi connectivity index (χ1n) is 7.96. The van der Waals surface area contributed by atoms with Crippen molar-refractivity contribution in [1.82, 2.24) is 9.55 Å². The van der Waals surface area contributed by atoms with Crippen molar-refractivity contribution in [3.05, 3.63) is 52.2 Å². The molecular weight excluding hydrogens is 297 g/mol. The number of halogens is 1. The summed E-state index contributed by atoms with van der Waals surface area (Å²) in [6.45, 7) is 2.07. The van der Waals surface area contributed by atoms with Gasteiger partial charge >= 0.3 is 5.69 Å². The molecule has 0 unspecified atom stereocenters. The van der Waals surface area contributed by atoms with E-state index in [0.29, 0.717) is 24.9 Å². The predicted molar refractivity (Wildman–Crippen MR) is 84.5 cm³/mol. The topological polar surface area (TPSA) is 47.4 Å². The molecule has 6 heteroatoms. The molecule has 1 saturated heterocycles. The van der Waals surface area contributed by atoms with Crippen LogP contribution in [-0.2, 0) is 13.0 Å². The number of benzene rings is 1. The van der Waals surface area contributed by atoms with Crippen LogP contribution in [0.2, 0.25) is 0 Å². The Hall–Kier alpha value is -2.37. The molecule has 1 fully saturated rings. The van der Waals surface area contributed by atoms with Crippen LogP contribution in [0.1, 0.15) is 18.4 Å². The summed E-state index contributed by atoms with van der Waals surface area (Å²) in [7, 11) is 0.